The Balaban J connectivity index is 2.36. The molecule has 0 aromatic carbocycles. The van der Waals surface area contributed by atoms with Gasteiger partial charge >= 0.3 is 5.97 Å². The maximum atomic E-state index is 11.0. The van der Waals surface area contributed by atoms with Crippen LogP contribution >= 0.6 is 0 Å². The number of carbonyl (C=O) groups is 1. The first-order valence-corrected chi connectivity index (χ1v) is 5.20. The summed E-state index contributed by atoms with van der Waals surface area (Å²) in [6, 6.07) is 0. The molecule has 1 fully saturated rings. The summed E-state index contributed by atoms with van der Waals surface area (Å²) in [6.07, 6.45) is 7.53. The minimum Gasteiger partial charge on any atom is -0.454 e. The van der Waals surface area contributed by atoms with Gasteiger partial charge in [0, 0.05) is 0 Å². The fourth-order valence-corrected chi connectivity index (χ4v) is 1.45. The molecule has 0 aromatic heterocycles. The van der Waals surface area contributed by atoms with E-state index in [1.54, 1.807) is 0 Å². The molecule has 1 rings (SSSR count). The molecule has 2 heteroatoms. The zero-order chi connectivity index (χ0) is 9.68. The molecule has 1 unspecified atom stereocenters. The van der Waals surface area contributed by atoms with Gasteiger partial charge in [-0.2, -0.15) is 0 Å². The van der Waals surface area contributed by atoms with Gasteiger partial charge in [0.25, 0.3) is 0 Å². The summed E-state index contributed by atoms with van der Waals surface area (Å²) in [5.74, 6) is -0.102. The van der Waals surface area contributed by atoms with E-state index in [0.717, 1.165) is 37.7 Å². The molecule has 0 saturated carbocycles. The van der Waals surface area contributed by atoms with Crippen LogP contribution in [0.2, 0.25) is 0 Å². The largest absolute Gasteiger partial charge is 0.454 e. The van der Waals surface area contributed by atoms with Crippen LogP contribution in [0.5, 0.6) is 0 Å². The van der Waals surface area contributed by atoms with E-state index in [-0.39, 0.29) is 12.1 Å². The average molecular weight is 182 g/mol. The van der Waals surface area contributed by atoms with Crippen molar-refractivity contribution >= 4 is 5.97 Å². The maximum Gasteiger partial charge on any atom is 0.338 e. The zero-order valence-electron chi connectivity index (χ0n) is 8.51. The van der Waals surface area contributed by atoms with Gasteiger partial charge in [0.15, 0.2) is 0 Å². The Morgan fingerprint density at radius 3 is 2.69 bits per heavy atom. The third-order valence-electron chi connectivity index (χ3n) is 2.30. The zero-order valence-corrected chi connectivity index (χ0v) is 8.51. The third-order valence-corrected chi connectivity index (χ3v) is 2.30. The number of ether oxygens (including phenoxy) is 1. The van der Waals surface area contributed by atoms with Gasteiger partial charge in [-0.3, -0.25) is 0 Å². The summed E-state index contributed by atoms with van der Waals surface area (Å²) in [4.78, 5) is 11.0. The average Bonchev–Trinajstić information content (AvgIpc) is 2.12. The van der Waals surface area contributed by atoms with E-state index in [9.17, 15) is 4.79 Å². The van der Waals surface area contributed by atoms with Crippen molar-refractivity contribution in [1.82, 2.24) is 0 Å². The standard InChI is InChI=1S/C11H18O2/c1-3-5-7-9-10(8-6-4-2)13-11(9)12/h7,10H,3-6,8H2,1-2H3. The van der Waals surface area contributed by atoms with Crippen LogP contribution in [-0.4, -0.2) is 12.1 Å². The fourth-order valence-electron chi connectivity index (χ4n) is 1.45. The van der Waals surface area contributed by atoms with E-state index < -0.39 is 0 Å². The molecule has 1 atom stereocenters. The van der Waals surface area contributed by atoms with Gasteiger partial charge < -0.3 is 4.74 Å². The van der Waals surface area contributed by atoms with Gasteiger partial charge in [0.05, 0.1) is 5.57 Å². The van der Waals surface area contributed by atoms with Crippen molar-refractivity contribution in [3.05, 3.63) is 11.6 Å². The lowest BCUT2D eigenvalue weighted by Gasteiger charge is -2.29. The van der Waals surface area contributed by atoms with E-state index in [1.807, 2.05) is 6.08 Å². The highest BCUT2D eigenvalue weighted by Crippen LogP contribution is 2.26. The third kappa shape index (κ3) is 2.58. The topological polar surface area (TPSA) is 26.3 Å². The predicted octanol–water partition coefficient (Wildman–Crippen LogP) is 2.83. The number of carbonyl (C=O) groups excluding carboxylic acids is 1. The summed E-state index contributed by atoms with van der Waals surface area (Å²) in [6.45, 7) is 4.26. The molecule has 1 aliphatic rings. The number of rotatable bonds is 5. The van der Waals surface area contributed by atoms with Crippen molar-refractivity contribution in [3.63, 3.8) is 0 Å². The minimum absolute atomic E-state index is 0.102. The van der Waals surface area contributed by atoms with E-state index in [0.29, 0.717) is 0 Å². The quantitative estimate of drug-likeness (QED) is 0.482. The van der Waals surface area contributed by atoms with Crippen molar-refractivity contribution in [3.8, 4) is 0 Å². The summed E-state index contributed by atoms with van der Waals surface area (Å²) < 4.78 is 5.04. The number of allylic oxidation sites excluding steroid dienone is 1. The molecule has 0 aromatic rings. The van der Waals surface area contributed by atoms with E-state index in [4.69, 9.17) is 4.74 Å². The van der Waals surface area contributed by atoms with Crippen LogP contribution in [0, 0.1) is 0 Å². The van der Waals surface area contributed by atoms with Crippen molar-refractivity contribution in [2.24, 2.45) is 0 Å². The van der Waals surface area contributed by atoms with Gasteiger partial charge in [-0.1, -0.05) is 32.8 Å². The molecular formula is C11H18O2. The molecule has 0 spiro atoms. The van der Waals surface area contributed by atoms with E-state index in [2.05, 4.69) is 13.8 Å². The molecule has 0 amide bonds. The fraction of sp³-hybridized carbons (Fsp3) is 0.727. The van der Waals surface area contributed by atoms with Gasteiger partial charge in [0.1, 0.15) is 6.10 Å². The molecule has 74 valence electrons. The second-order valence-corrected chi connectivity index (χ2v) is 3.48. The van der Waals surface area contributed by atoms with Crippen LogP contribution in [-0.2, 0) is 9.53 Å². The Morgan fingerprint density at radius 2 is 2.15 bits per heavy atom. The molecular weight excluding hydrogens is 164 g/mol. The Hall–Kier alpha value is -0.790. The Bertz CT molecular complexity index is 206. The Morgan fingerprint density at radius 1 is 1.38 bits per heavy atom. The van der Waals surface area contributed by atoms with Gasteiger partial charge in [0.2, 0.25) is 0 Å². The molecule has 1 heterocycles. The monoisotopic (exact) mass is 182 g/mol. The van der Waals surface area contributed by atoms with Crippen LogP contribution in [0.15, 0.2) is 11.6 Å². The summed E-state index contributed by atoms with van der Waals surface area (Å²) in [5, 5.41) is 0. The van der Waals surface area contributed by atoms with E-state index >= 15 is 0 Å². The molecule has 13 heavy (non-hydrogen) atoms. The second kappa shape index (κ2) is 5.05. The highest BCUT2D eigenvalue weighted by atomic mass is 16.6. The normalized spacial score (nSPS) is 24.3. The summed E-state index contributed by atoms with van der Waals surface area (Å²) in [5.41, 5.74) is 0.912. The van der Waals surface area contributed by atoms with Gasteiger partial charge in [-0.05, 0) is 19.3 Å². The van der Waals surface area contributed by atoms with Crippen molar-refractivity contribution in [2.75, 3.05) is 0 Å². The lowest BCUT2D eigenvalue weighted by molar-refractivity contribution is -0.156. The van der Waals surface area contributed by atoms with Crippen molar-refractivity contribution < 1.29 is 9.53 Å². The second-order valence-electron chi connectivity index (χ2n) is 3.48. The molecule has 0 aliphatic carbocycles. The molecule has 1 aliphatic heterocycles. The smallest absolute Gasteiger partial charge is 0.338 e. The first kappa shape index (κ1) is 10.3. The van der Waals surface area contributed by atoms with Crippen LogP contribution in [0.4, 0.5) is 0 Å². The number of unbranched alkanes of at least 4 members (excludes halogenated alkanes) is 2. The lowest BCUT2D eigenvalue weighted by atomic mass is 9.98. The van der Waals surface area contributed by atoms with Crippen LogP contribution in [0.1, 0.15) is 46.0 Å². The summed E-state index contributed by atoms with van der Waals surface area (Å²) >= 11 is 0. The number of esters is 1. The Labute approximate surface area is 80.0 Å². The summed E-state index contributed by atoms with van der Waals surface area (Å²) in [7, 11) is 0. The molecule has 0 bridgehead atoms. The van der Waals surface area contributed by atoms with Gasteiger partial charge in [-0.15, -0.1) is 0 Å². The first-order chi connectivity index (χ1) is 6.29. The van der Waals surface area contributed by atoms with Crippen molar-refractivity contribution in [1.29, 1.82) is 0 Å². The van der Waals surface area contributed by atoms with Crippen LogP contribution in [0.3, 0.4) is 0 Å². The maximum absolute atomic E-state index is 11.0. The molecule has 0 radical (unpaired) electrons. The van der Waals surface area contributed by atoms with Gasteiger partial charge in [-0.25, -0.2) is 4.79 Å². The SMILES string of the molecule is CCCC=C1C(=O)OC1CCCC. The Kier molecular flexibility index (Phi) is 4.00. The van der Waals surface area contributed by atoms with Crippen molar-refractivity contribution in [2.45, 2.75) is 52.1 Å². The minimum atomic E-state index is -0.102. The highest BCUT2D eigenvalue weighted by Gasteiger charge is 2.34. The lowest BCUT2D eigenvalue weighted by Crippen LogP contribution is -2.36. The van der Waals surface area contributed by atoms with Crippen LogP contribution < -0.4 is 0 Å². The first-order valence-electron chi connectivity index (χ1n) is 5.20. The molecule has 2 nitrogen and oxygen atoms in total. The number of hydrogen-bond donors (Lipinski definition) is 0. The molecule has 1 saturated heterocycles. The number of hydrogen-bond acceptors (Lipinski definition) is 2. The highest BCUT2D eigenvalue weighted by molar-refractivity contribution is 5.95. The van der Waals surface area contributed by atoms with E-state index in [1.165, 1.54) is 0 Å². The molecule has 0 N–H and O–H groups in total. The predicted molar refractivity (Wildman–Crippen MR) is 52.4 cm³/mol. The number of cyclic esters (lactones) is 1. The van der Waals surface area contributed by atoms with Crippen LogP contribution in [0.25, 0.3) is 0 Å².